The number of hydrogen-bond donors (Lipinski definition) is 1. The van der Waals surface area contributed by atoms with E-state index in [0.29, 0.717) is 19.5 Å². The number of likely N-dealkylation sites (tertiary alicyclic amines) is 1. The van der Waals surface area contributed by atoms with Crippen molar-refractivity contribution in [2.75, 3.05) is 13.1 Å². The lowest BCUT2D eigenvalue weighted by Gasteiger charge is -2.32. The second-order valence-corrected chi connectivity index (χ2v) is 7.38. The van der Waals surface area contributed by atoms with Crippen LogP contribution < -0.4 is 0 Å². The number of nitrogens with zero attached hydrogens (tertiary/aromatic N) is 3. The molecule has 1 aliphatic heterocycles. The minimum absolute atomic E-state index is 0.0513. The van der Waals surface area contributed by atoms with Crippen LogP contribution in [0.1, 0.15) is 53.1 Å². The summed E-state index contributed by atoms with van der Waals surface area (Å²) in [5.41, 5.74) is 3.70. The Labute approximate surface area is 159 Å². The van der Waals surface area contributed by atoms with Gasteiger partial charge in [-0.3, -0.25) is 14.6 Å². The summed E-state index contributed by atoms with van der Waals surface area (Å²) in [5, 5.41) is 8.90. The summed E-state index contributed by atoms with van der Waals surface area (Å²) in [4.78, 5) is 30.2. The molecule has 0 spiro atoms. The number of amides is 1. The van der Waals surface area contributed by atoms with Gasteiger partial charge in [-0.2, -0.15) is 0 Å². The Kier molecular flexibility index (Phi) is 5.94. The van der Waals surface area contributed by atoms with E-state index in [1.165, 1.54) is 0 Å². The molecule has 0 bridgehead atoms. The van der Waals surface area contributed by atoms with E-state index >= 15 is 0 Å². The Hall–Kier alpha value is -2.63. The van der Waals surface area contributed by atoms with Crippen LogP contribution in [0.5, 0.6) is 0 Å². The third-order valence-electron chi connectivity index (χ3n) is 5.42. The smallest absolute Gasteiger partial charge is 0.303 e. The van der Waals surface area contributed by atoms with Gasteiger partial charge in [-0.1, -0.05) is 6.07 Å². The fraction of sp³-hybridized carbons (Fsp3) is 0.476. The molecule has 6 heteroatoms. The first-order chi connectivity index (χ1) is 13.0. The average Bonchev–Trinajstić information content (AvgIpc) is 2.95. The maximum Gasteiger partial charge on any atom is 0.303 e. The highest BCUT2D eigenvalue weighted by molar-refractivity contribution is 5.95. The van der Waals surface area contributed by atoms with E-state index < -0.39 is 5.97 Å². The highest BCUT2D eigenvalue weighted by atomic mass is 16.4. The van der Waals surface area contributed by atoms with E-state index in [2.05, 4.69) is 9.55 Å². The SMILES string of the molecule is Cc1cc(C(=O)N2CCCC(CCC(=O)O)C2)c(C)n1Cc1ccccn1. The molecule has 0 aliphatic carbocycles. The van der Waals surface area contributed by atoms with E-state index in [1.54, 1.807) is 6.20 Å². The summed E-state index contributed by atoms with van der Waals surface area (Å²) >= 11 is 0. The molecular weight excluding hydrogens is 342 g/mol. The van der Waals surface area contributed by atoms with E-state index in [-0.39, 0.29) is 18.2 Å². The Bertz CT molecular complexity index is 814. The van der Waals surface area contributed by atoms with Crippen molar-refractivity contribution < 1.29 is 14.7 Å². The van der Waals surface area contributed by atoms with Crippen LogP contribution in [0.15, 0.2) is 30.5 Å². The van der Waals surface area contributed by atoms with Crippen LogP contribution >= 0.6 is 0 Å². The zero-order valence-corrected chi connectivity index (χ0v) is 16.0. The van der Waals surface area contributed by atoms with Crippen LogP contribution in [0.2, 0.25) is 0 Å². The van der Waals surface area contributed by atoms with Gasteiger partial charge in [0.05, 0.1) is 17.8 Å². The van der Waals surface area contributed by atoms with Crippen LogP contribution in [0, 0.1) is 19.8 Å². The van der Waals surface area contributed by atoms with Crippen molar-refractivity contribution in [3.05, 3.63) is 53.1 Å². The molecule has 0 aromatic carbocycles. The maximum atomic E-state index is 13.1. The summed E-state index contributed by atoms with van der Waals surface area (Å²) in [7, 11) is 0. The van der Waals surface area contributed by atoms with Crippen LogP contribution in [0.3, 0.4) is 0 Å². The second kappa shape index (κ2) is 8.37. The first-order valence-corrected chi connectivity index (χ1v) is 9.53. The van der Waals surface area contributed by atoms with Gasteiger partial charge in [-0.05, 0) is 57.2 Å². The van der Waals surface area contributed by atoms with Gasteiger partial charge >= 0.3 is 5.97 Å². The van der Waals surface area contributed by atoms with Crippen molar-refractivity contribution in [1.29, 1.82) is 0 Å². The van der Waals surface area contributed by atoms with Gasteiger partial charge in [-0.15, -0.1) is 0 Å². The second-order valence-electron chi connectivity index (χ2n) is 7.38. The molecule has 2 aromatic rings. The van der Waals surface area contributed by atoms with Crippen molar-refractivity contribution in [2.24, 2.45) is 5.92 Å². The third kappa shape index (κ3) is 4.56. The first kappa shape index (κ1) is 19.1. The molecule has 0 radical (unpaired) electrons. The zero-order valence-electron chi connectivity index (χ0n) is 16.0. The van der Waals surface area contributed by atoms with Gasteiger partial charge in [0.15, 0.2) is 0 Å². The molecular formula is C21H27N3O3. The predicted molar refractivity (Wildman–Crippen MR) is 103 cm³/mol. The molecule has 1 saturated heterocycles. The summed E-state index contributed by atoms with van der Waals surface area (Å²) in [6, 6.07) is 7.80. The van der Waals surface area contributed by atoms with Crippen LogP contribution in [0.25, 0.3) is 0 Å². The lowest BCUT2D eigenvalue weighted by atomic mass is 9.93. The number of piperidine rings is 1. The lowest BCUT2D eigenvalue weighted by molar-refractivity contribution is -0.137. The van der Waals surface area contributed by atoms with E-state index in [1.807, 2.05) is 43.0 Å². The molecule has 6 nitrogen and oxygen atoms in total. The van der Waals surface area contributed by atoms with Gasteiger partial charge in [0.2, 0.25) is 0 Å². The molecule has 1 N–H and O–H groups in total. The summed E-state index contributed by atoms with van der Waals surface area (Å²) in [6.07, 6.45) is 4.52. The number of hydrogen-bond acceptors (Lipinski definition) is 3. The van der Waals surface area contributed by atoms with Crippen LogP contribution in [-0.2, 0) is 11.3 Å². The summed E-state index contributed by atoms with van der Waals surface area (Å²) in [6.45, 7) is 6.03. The third-order valence-corrected chi connectivity index (χ3v) is 5.42. The number of aromatic nitrogens is 2. The Morgan fingerprint density at radius 1 is 1.30 bits per heavy atom. The van der Waals surface area contributed by atoms with Gasteiger partial charge in [0.25, 0.3) is 5.91 Å². The van der Waals surface area contributed by atoms with Crippen LogP contribution in [0.4, 0.5) is 0 Å². The van der Waals surface area contributed by atoms with E-state index in [9.17, 15) is 9.59 Å². The van der Waals surface area contributed by atoms with Crippen molar-refractivity contribution in [1.82, 2.24) is 14.5 Å². The van der Waals surface area contributed by atoms with E-state index in [4.69, 9.17) is 5.11 Å². The first-order valence-electron chi connectivity index (χ1n) is 9.53. The Balaban J connectivity index is 1.73. The van der Waals surface area contributed by atoms with Gasteiger partial charge in [0, 0.05) is 37.1 Å². The van der Waals surface area contributed by atoms with Crippen LogP contribution in [-0.4, -0.2) is 44.5 Å². The largest absolute Gasteiger partial charge is 0.481 e. The maximum absolute atomic E-state index is 13.1. The van der Waals surface area contributed by atoms with Crippen molar-refractivity contribution in [3.63, 3.8) is 0 Å². The molecule has 27 heavy (non-hydrogen) atoms. The van der Waals surface area contributed by atoms with Crippen molar-refractivity contribution >= 4 is 11.9 Å². The fourth-order valence-electron chi connectivity index (χ4n) is 3.90. The number of aliphatic carboxylic acids is 1. The topological polar surface area (TPSA) is 75.4 Å². The van der Waals surface area contributed by atoms with Gasteiger partial charge in [0.1, 0.15) is 0 Å². The number of carbonyl (C=O) groups excluding carboxylic acids is 1. The number of pyridine rings is 1. The quantitative estimate of drug-likeness (QED) is 0.848. The molecule has 1 amide bonds. The molecule has 1 aliphatic rings. The molecule has 1 unspecified atom stereocenters. The molecule has 1 fully saturated rings. The highest BCUT2D eigenvalue weighted by Gasteiger charge is 2.27. The summed E-state index contributed by atoms with van der Waals surface area (Å²) in [5.74, 6) is -0.442. The molecule has 3 heterocycles. The number of aryl methyl sites for hydroxylation is 1. The minimum Gasteiger partial charge on any atom is -0.481 e. The van der Waals surface area contributed by atoms with Crippen molar-refractivity contribution in [2.45, 2.75) is 46.1 Å². The number of rotatable bonds is 6. The van der Waals surface area contributed by atoms with Crippen molar-refractivity contribution in [3.8, 4) is 0 Å². The fourth-order valence-corrected chi connectivity index (χ4v) is 3.90. The minimum atomic E-state index is -0.767. The standard InChI is InChI=1S/C21H27N3O3/c1-15-12-19(16(2)24(15)14-18-7-3-4-10-22-18)21(27)23-11-5-6-17(13-23)8-9-20(25)26/h3-4,7,10,12,17H,5-6,8-9,11,13-14H2,1-2H3,(H,25,26). The molecule has 1 atom stereocenters. The van der Waals surface area contributed by atoms with Gasteiger partial charge < -0.3 is 14.6 Å². The molecule has 0 saturated carbocycles. The predicted octanol–water partition coefficient (Wildman–Crippen LogP) is 3.27. The Morgan fingerprint density at radius 3 is 2.81 bits per heavy atom. The number of carbonyl (C=O) groups is 2. The molecule has 3 rings (SSSR count). The number of carboxylic acid groups (broad SMARTS) is 1. The number of carboxylic acids is 1. The highest BCUT2D eigenvalue weighted by Crippen LogP contribution is 2.25. The zero-order chi connectivity index (χ0) is 19.4. The average molecular weight is 369 g/mol. The van der Waals surface area contributed by atoms with E-state index in [0.717, 1.165) is 42.0 Å². The molecule has 144 valence electrons. The monoisotopic (exact) mass is 369 g/mol. The molecule has 2 aromatic heterocycles. The Morgan fingerprint density at radius 2 is 2.11 bits per heavy atom. The summed E-state index contributed by atoms with van der Waals surface area (Å²) < 4.78 is 2.13. The van der Waals surface area contributed by atoms with Gasteiger partial charge in [-0.25, -0.2) is 0 Å². The lowest BCUT2D eigenvalue weighted by Crippen LogP contribution is -2.40. The normalized spacial score (nSPS) is 17.1.